The van der Waals surface area contributed by atoms with E-state index in [0.717, 1.165) is 64.3 Å². The van der Waals surface area contributed by atoms with Gasteiger partial charge in [-0.3, -0.25) is 9.78 Å². The number of nitrogens with zero attached hydrogens (tertiary/aromatic N) is 4. The van der Waals surface area contributed by atoms with Crippen LogP contribution in [0.2, 0.25) is 0 Å². The SMILES string of the molecule is Cc1nc(N2CC[C@H](CC(=O)Nc3cnc(-c4ccccc4)c(C)c3)C2)c2oc3ccccc3c2n1. The summed E-state index contributed by atoms with van der Waals surface area (Å²) in [7, 11) is 0. The van der Waals surface area contributed by atoms with Crippen molar-refractivity contribution >= 4 is 39.5 Å². The first kappa shape index (κ1) is 22.2. The maximum Gasteiger partial charge on any atom is 0.224 e. The van der Waals surface area contributed by atoms with Gasteiger partial charge in [-0.15, -0.1) is 0 Å². The van der Waals surface area contributed by atoms with Crippen LogP contribution in [-0.2, 0) is 4.79 Å². The van der Waals surface area contributed by atoms with Gasteiger partial charge in [0.25, 0.3) is 0 Å². The zero-order chi connectivity index (χ0) is 24.6. The fourth-order valence-electron chi connectivity index (χ4n) is 5.11. The van der Waals surface area contributed by atoms with Crippen LogP contribution in [0, 0.1) is 19.8 Å². The molecule has 4 heterocycles. The Morgan fingerprint density at radius 2 is 1.89 bits per heavy atom. The highest BCUT2D eigenvalue weighted by molar-refractivity contribution is 6.05. The topological polar surface area (TPSA) is 84.2 Å². The van der Waals surface area contributed by atoms with Crippen molar-refractivity contribution in [3.05, 3.63) is 78.2 Å². The molecule has 7 nitrogen and oxygen atoms in total. The Morgan fingerprint density at radius 1 is 1.08 bits per heavy atom. The predicted octanol–water partition coefficient (Wildman–Crippen LogP) is 5.91. The van der Waals surface area contributed by atoms with Gasteiger partial charge in [-0.1, -0.05) is 42.5 Å². The highest BCUT2D eigenvalue weighted by atomic mass is 16.3. The van der Waals surface area contributed by atoms with Crippen LogP contribution >= 0.6 is 0 Å². The highest BCUT2D eigenvalue weighted by Gasteiger charge is 2.28. The molecule has 3 aromatic heterocycles. The number of hydrogen-bond acceptors (Lipinski definition) is 6. The number of furan rings is 1. The van der Waals surface area contributed by atoms with Gasteiger partial charge in [0.15, 0.2) is 11.4 Å². The van der Waals surface area contributed by atoms with Crippen LogP contribution in [0.25, 0.3) is 33.3 Å². The van der Waals surface area contributed by atoms with Gasteiger partial charge in [0.05, 0.1) is 17.6 Å². The lowest BCUT2D eigenvalue weighted by atomic mass is 10.0. The largest absolute Gasteiger partial charge is 0.450 e. The van der Waals surface area contributed by atoms with E-state index in [4.69, 9.17) is 9.40 Å². The normalized spacial score (nSPS) is 15.6. The molecule has 7 heteroatoms. The average Bonchev–Trinajstić information content (AvgIpc) is 3.49. The summed E-state index contributed by atoms with van der Waals surface area (Å²) in [5.74, 6) is 1.76. The maximum absolute atomic E-state index is 12.9. The minimum absolute atomic E-state index is 0.00302. The second kappa shape index (κ2) is 9.07. The molecular formula is C29H27N5O2. The van der Waals surface area contributed by atoms with E-state index < -0.39 is 0 Å². The van der Waals surface area contributed by atoms with E-state index in [9.17, 15) is 4.79 Å². The summed E-state index contributed by atoms with van der Waals surface area (Å²) in [6, 6.07) is 20.0. The molecule has 0 saturated carbocycles. The molecule has 0 unspecified atom stereocenters. The minimum atomic E-state index is 0.00302. The predicted molar refractivity (Wildman–Crippen MR) is 142 cm³/mol. The molecule has 36 heavy (non-hydrogen) atoms. The fourth-order valence-corrected chi connectivity index (χ4v) is 5.11. The van der Waals surface area contributed by atoms with Gasteiger partial charge in [0.2, 0.25) is 5.91 Å². The van der Waals surface area contributed by atoms with Crippen molar-refractivity contribution < 1.29 is 9.21 Å². The number of aromatic nitrogens is 3. The number of pyridine rings is 1. The summed E-state index contributed by atoms with van der Waals surface area (Å²) < 4.78 is 6.15. The molecule has 0 bridgehead atoms. The molecular weight excluding hydrogens is 450 g/mol. The van der Waals surface area contributed by atoms with Crippen LogP contribution in [0.15, 0.2) is 71.3 Å². The first-order chi connectivity index (χ1) is 17.5. The summed E-state index contributed by atoms with van der Waals surface area (Å²) in [4.78, 5) is 29.0. The highest BCUT2D eigenvalue weighted by Crippen LogP contribution is 2.35. The molecule has 1 saturated heterocycles. The molecule has 180 valence electrons. The molecule has 1 atom stereocenters. The van der Waals surface area contributed by atoms with Gasteiger partial charge in [-0.25, -0.2) is 9.97 Å². The van der Waals surface area contributed by atoms with Crippen molar-refractivity contribution in [1.29, 1.82) is 0 Å². The molecule has 1 fully saturated rings. The summed E-state index contributed by atoms with van der Waals surface area (Å²) in [6.07, 6.45) is 3.10. The summed E-state index contributed by atoms with van der Waals surface area (Å²) in [5, 5.41) is 4.03. The Hall–Kier alpha value is -4.26. The number of amides is 1. The summed E-state index contributed by atoms with van der Waals surface area (Å²) in [5.41, 5.74) is 6.12. The molecule has 1 aliphatic heterocycles. The van der Waals surface area contributed by atoms with Gasteiger partial charge < -0.3 is 14.6 Å². The number of carbonyl (C=O) groups is 1. The van der Waals surface area contributed by atoms with Gasteiger partial charge >= 0.3 is 0 Å². The van der Waals surface area contributed by atoms with Crippen molar-refractivity contribution in [2.75, 3.05) is 23.3 Å². The standard InChI is InChI=1S/C29H27N5O2/c1-18-14-22(16-30-26(18)21-8-4-3-5-9-21)33-25(35)15-20-12-13-34(17-20)29-28-27(31-19(2)32-29)23-10-6-7-11-24(23)36-28/h3-11,14,16,20H,12-13,15,17H2,1-2H3,(H,33,35)/t20-/m1/s1. The number of fused-ring (bicyclic) bond motifs is 3. The molecule has 0 radical (unpaired) electrons. The zero-order valence-electron chi connectivity index (χ0n) is 20.4. The Kier molecular flexibility index (Phi) is 5.60. The number of carbonyl (C=O) groups excluding carboxylic acids is 1. The second-order valence-corrected chi connectivity index (χ2v) is 9.48. The van der Waals surface area contributed by atoms with E-state index in [2.05, 4.69) is 20.2 Å². The lowest BCUT2D eigenvalue weighted by Gasteiger charge is -2.18. The molecule has 0 spiro atoms. The number of anilines is 2. The fraction of sp³-hybridized carbons (Fsp3) is 0.241. The second-order valence-electron chi connectivity index (χ2n) is 9.48. The molecule has 6 rings (SSSR count). The van der Waals surface area contributed by atoms with Crippen LogP contribution in [0.1, 0.15) is 24.2 Å². The van der Waals surface area contributed by atoms with Crippen molar-refractivity contribution in [1.82, 2.24) is 15.0 Å². The number of nitrogens with one attached hydrogen (secondary N) is 1. The quantitative estimate of drug-likeness (QED) is 0.339. The van der Waals surface area contributed by atoms with Crippen molar-refractivity contribution in [2.45, 2.75) is 26.7 Å². The first-order valence-electron chi connectivity index (χ1n) is 12.3. The van der Waals surface area contributed by atoms with Crippen LogP contribution in [0.5, 0.6) is 0 Å². The van der Waals surface area contributed by atoms with E-state index in [-0.39, 0.29) is 11.8 Å². The van der Waals surface area contributed by atoms with Crippen LogP contribution < -0.4 is 10.2 Å². The monoisotopic (exact) mass is 477 g/mol. The molecule has 5 aromatic rings. The van der Waals surface area contributed by atoms with Gasteiger partial charge in [0, 0.05) is 30.5 Å². The smallest absolute Gasteiger partial charge is 0.224 e. The molecule has 1 aliphatic rings. The molecule has 0 aliphatic carbocycles. The van der Waals surface area contributed by atoms with E-state index >= 15 is 0 Å². The van der Waals surface area contributed by atoms with Crippen LogP contribution in [0.4, 0.5) is 11.5 Å². The van der Waals surface area contributed by atoms with Crippen molar-refractivity contribution in [3.63, 3.8) is 0 Å². The van der Waals surface area contributed by atoms with Gasteiger partial charge in [-0.2, -0.15) is 0 Å². The van der Waals surface area contributed by atoms with Gasteiger partial charge in [-0.05, 0) is 49.9 Å². The third kappa shape index (κ3) is 4.17. The Bertz CT molecular complexity index is 1580. The number of aryl methyl sites for hydroxylation is 2. The summed E-state index contributed by atoms with van der Waals surface area (Å²) in [6.45, 7) is 5.50. The van der Waals surface area contributed by atoms with E-state index in [1.54, 1.807) is 6.20 Å². The summed E-state index contributed by atoms with van der Waals surface area (Å²) >= 11 is 0. The number of rotatable bonds is 5. The molecule has 1 amide bonds. The van der Waals surface area contributed by atoms with E-state index in [1.165, 1.54) is 0 Å². The Balaban J connectivity index is 1.15. The zero-order valence-corrected chi connectivity index (χ0v) is 20.4. The third-order valence-corrected chi connectivity index (χ3v) is 6.78. The average molecular weight is 478 g/mol. The maximum atomic E-state index is 12.9. The van der Waals surface area contributed by atoms with E-state index in [0.29, 0.717) is 17.8 Å². The Labute approximate surface area is 209 Å². The third-order valence-electron chi connectivity index (χ3n) is 6.78. The van der Waals surface area contributed by atoms with E-state index in [1.807, 2.05) is 74.5 Å². The lowest BCUT2D eigenvalue weighted by molar-refractivity contribution is -0.116. The number of benzene rings is 2. The molecule has 2 aromatic carbocycles. The van der Waals surface area contributed by atoms with Crippen LogP contribution in [-0.4, -0.2) is 33.9 Å². The molecule has 1 N–H and O–H groups in total. The van der Waals surface area contributed by atoms with Crippen LogP contribution in [0.3, 0.4) is 0 Å². The van der Waals surface area contributed by atoms with Gasteiger partial charge in [0.1, 0.15) is 16.9 Å². The first-order valence-corrected chi connectivity index (χ1v) is 12.3. The number of para-hydroxylation sites is 1. The van der Waals surface area contributed by atoms with Crippen molar-refractivity contribution in [2.24, 2.45) is 5.92 Å². The Morgan fingerprint density at radius 3 is 2.72 bits per heavy atom. The minimum Gasteiger partial charge on any atom is -0.450 e. The number of hydrogen-bond donors (Lipinski definition) is 1. The van der Waals surface area contributed by atoms with Crippen molar-refractivity contribution in [3.8, 4) is 11.3 Å². The lowest BCUT2D eigenvalue weighted by Crippen LogP contribution is -2.23.